The lowest BCUT2D eigenvalue weighted by molar-refractivity contribution is 0.0495. The Kier molecular flexibility index (Phi) is 6.42. The molecule has 164 valence electrons. The van der Waals surface area contributed by atoms with Gasteiger partial charge in [0.15, 0.2) is 0 Å². The second kappa shape index (κ2) is 9.23. The second-order valence-electron chi connectivity index (χ2n) is 9.02. The van der Waals surface area contributed by atoms with Gasteiger partial charge in [-0.1, -0.05) is 50.5 Å². The first-order valence-electron chi connectivity index (χ1n) is 11.7. The van der Waals surface area contributed by atoms with Crippen LogP contribution in [0.3, 0.4) is 0 Å². The summed E-state index contributed by atoms with van der Waals surface area (Å²) >= 11 is 0. The molecule has 4 rings (SSSR count). The lowest BCUT2D eigenvalue weighted by Gasteiger charge is -2.44. The molecule has 0 aliphatic carbocycles. The van der Waals surface area contributed by atoms with Gasteiger partial charge in [0.1, 0.15) is 5.69 Å². The molecule has 0 radical (unpaired) electrons. The van der Waals surface area contributed by atoms with Crippen molar-refractivity contribution in [2.45, 2.75) is 77.4 Å². The molecule has 31 heavy (non-hydrogen) atoms. The number of rotatable bonds is 6. The van der Waals surface area contributed by atoms with E-state index in [-0.39, 0.29) is 5.56 Å². The molecule has 2 aromatic carbocycles. The number of likely N-dealkylation sites (tertiary alicyclic amines) is 1. The lowest BCUT2D eigenvalue weighted by Crippen LogP contribution is -2.46. The Morgan fingerprint density at radius 2 is 1.90 bits per heavy atom. The minimum Gasteiger partial charge on any atom is -0.399 e. The van der Waals surface area contributed by atoms with Crippen molar-refractivity contribution >= 4 is 16.7 Å². The number of aromatic amines is 1. The Labute approximate surface area is 184 Å². The van der Waals surface area contributed by atoms with Crippen molar-refractivity contribution in [1.82, 2.24) is 14.9 Å². The fourth-order valence-electron chi connectivity index (χ4n) is 5.20. The predicted octanol–water partition coefficient (Wildman–Crippen LogP) is 5.67. The monoisotopic (exact) mass is 418 g/mol. The fraction of sp³-hybridized carbons (Fsp3) is 0.462. The van der Waals surface area contributed by atoms with E-state index in [0.29, 0.717) is 29.5 Å². The number of aromatic nitrogens is 2. The van der Waals surface area contributed by atoms with Gasteiger partial charge in [0.05, 0.1) is 11.0 Å². The third kappa shape index (κ3) is 4.38. The number of unbranched alkanes of at least 4 members (excludes halogenated alkanes) is 1. The zero-order valence-electron chi connectivity index (χ0n) is 18.9. The van der Waals surface area contributed by atoms with E-state index in [2.05, 4.69) is 36.7 Å². The van der Waals surface area contributed by atoms with Crippen LogP contribution in [0.25, 0.3) is 22.3 Å². The molecule has 1 aromatic heterocycles. The molecular formula is C26H34N4O. The Balaban J connectivity index is 1.88. The topological polar surface area (TPSA) is 75.0 Å². The standard InChI is InChI=1S/C26H34N4O/c1-4-5-15-23(30-17(2)9-6-10-18(30)3)21-13-8-14-22-25(21)29-24(26(31)28-22)19-11-7-12-20(27)16-19/h7-8,11-14,16-18,23H,4-6,9-10,15,27H2,1-3H3,(H,28,31). The lowest BCUT2D eigenvalue weighted by atomic mass is 9.89. The van der Waals surface area contributed by atoms with Crippen molar-refractivity contribution in [3.8, 4) is 11.3 Å². The Hall–Kier alpha value is -2.66. The van der Waals surface area contributed by atoms with Crippen LogP contribution in [0.15, 0.2) is 47.3 Å². The Bertz CT molecular complexity index is 1100. The van der Waals surface area contributed by atoms with E-state index in [4.69, 9.17) is 10.7 Å². The summed E-state index contributed by atoms with van der Waals surface area (Å²) in [5.74, 6) is 0. The van der Waals surface area contributed by atoms with E-state index in [9.17, 15) is 4.79 Å². The number of piperidine rings is 1. The number of para-hydroxylation sites is 1. The molecule has 1 saturated heterocycles. The molecule has 3 N–H and O–H groups in total. The molecule has 0 bridgehead atoms. The molecule has 0 spiro atoms. The van der Waals surface area contributed by atoms with Crippen molar-refractivity contribution in [3.63, 3.8) is 0 Å². The van der Waals surface area contributed by atoms with E-state index in [1.165, 1.54) is 31.2 Å². The summed E-state index contributed by atoms with van der Waals surface area (Å²) in [6.45, 7) is 6.96. The molecule has 1 aliphatic rings. The van der Waals surface area contributed by atoms with Gasteiger partial charge in [0.25, 0.3) is 5.56 Å². The summed E-state index contributed by atoms with van der Waals surface area (Å²) in [4.78, 5) is 23.5. The molecular weight excluding hydrogens is 384 g/mol. The highest BCUT2D eigenvalue weighted by molar-refractivity contribution is 5.81. The zero-order chi connectivity index (χ0) is 22.0. The van der Waals surface area contributed by atoms with Gasteiger partial charge >= 0.3 is 0 Å². The molecule has 5 heteroatoms. The van der Waals surface area contributed by atoms with E-state index >= 15 is 0 Å². The summed E-state index contributed by atoms with van der Waals surface area (Å²) in [6, 6.07) is 15.0. The third-order valence-corrected chi connectivity index (χ3v) is 6.73. The highest BCUT2D eigenvalue weighted by Gasteiger charge is 2.32. The number of hydrogen-bond acceptors (Lipinski definition) is 4. The van der Waals surface area contributed by atoms with Crippen molar-refractivity contribution in [2.75, 3.05) is 5.73 Å². The van der Waals surface area contributed by atoms with E-state index < -0.39 is 0 Å². The summed E-state index contributed by atoms with van der Waals surface area (Å²) in [5.41, 5.74) is 10.5. The van der Waals surface area contributed by atoms with E-state index in [0.717, 1.165) is 29.4 Å². The minimum absolute atomic E-state index is 0.180. The maximum atomic E-state index is 12.8. The van der Waals surface area contributed by atoms with Crippen molar-refractivity contribution in [2.24, 2.45) is 0 Å². The minimum atomic E-state index is -0.180. The largest absolute Gasteiger partial charge is 0.399 e. The number of hydrogen-bond donors (Lipinski definition) is 2. The molecule has 1 fully saturated rings. The number of nitrogens with zero attached hydrogens (tertiary/aromatic N) is 2. The SMILES string of the molecule is CCCCC(c1cccc2[nH]c(=O)c(-c3cccc(N)c3)nc12)N1C(C)CCCC1C. The smallest absolute Gasteiger partial charge is 0.274 e. The van der Waals surface area contributed by atoms with Crippen LogP contribution < -0.4 is 11.3 Å². The highest BCUT2D eigenvalue weighted by Crippen LogP contribution is 2.37. The Morgan fingerprint density at radius 1 is 1.16 bits per heavy atom. The quantitative estimate of drug-likeness (QED) is 0.506. The number of anilines is 1. The van der Waals surface area contributed by atoms with E-state index in [1.807, 2.05) is 36.4 Å². The normalized spacial score (nSPS) is 20.7. The van der Waals surface area contributed by atoms with Crippen LogP contribution in [0.5, 0.6) is 0 Å². The van der Waals surface area contributed by atoms with Crippen molar-refractivity contribution in [3.05, 3.63) is 58.4 Å². The fourth-order valence-corrected chi connectivity index (χ4v) is 5.20. The van der Waals surface area contributed by atoms with Gasteiger partial charge < -0.3 is 10.7 Å². The molecule has 5 nitrogen and oxygen atoms in total. The van der Waals surface area contributed by atoms with Crippen LogP contribution >= 0.6 is 0 Å². The first kappa shape index (κ1) is 21.6. The first-order chi connectivity index (χ1) is 15.0. The van der Waals surface area contributed by atoms with Crippen molar-refractivity contribution < 1.29 is 0 Å². The molecule has 1 aliphatic heterocycles. The molecule has 3 atom stereocenters. The van der Waals surface area contributed by atoms with Gasteiger partial charge in [0, 0.05) is 29.4 Å². The van der Waals surface area contributed by atoms with Crippen LogP contribution in [0, 0.1) is 0 Å². The van der Waals surface area contributed by atoms with E-state index in [1.54, 1.807) is 0 Å². The summed E-state index contributed by atoms with van der Waals surface area (Å²) in [7, 11) is 0. The highest BCUT2D eigenvalue weighted by atomic mass is 16.1. The zero-order valence-corrected chi connectivity index (χ0v) is 18.9. The molecule has 0 amide bonds. The van der Waals surface area contributed by atoms with Gasteiger partial charge in [-0.15, -0.1) is 0 Å². The van der Waals surface area contributed by atoms with Crippen LogP contribution in [0.1, 0.15) is 70.9 Å². The summed E-state index contributed by atoms with van der Waals surface area (Å²) in [6.07, 6.45) is 7.19. The molecule has 0 saturated carbocycles. The molecule has 2 heterocycles. The van der Waals surface area contributed by atoms with Crippen LogP contribution in [0.4, 0.5) is 5.69 Å². The number of nitrogen functional groups attached to an aromatic ring is 1. The average molecular weight is 419 g/mol. The van der Waals surface area contributed by atoms with Crippen molar-refractivity contribution in [1.29, 1.82) is 0 Å². The predicted molar refractivity (Wildman–Crippen MR) is 129 cm³/mol. The van der Waals surface area contributed by atoms with Crippen LogP contribution in [-0.4, -0.2) is 27.0 Å². The maximum Gasteiger partial charge on any atom is 0.274 e. The number of nitrogens with two attached hydrogens (primary N) is 1. The van der Waals surface area contributed by atoms with Gasteiger partial charge in [-0.2, -0.15) is 0 Å². The number of fused-ring (bicyclic) bond motifs is 1. The van der Waals surface area contributed by atoms with Gasteiger partial charge in [-0.05, 0) is 56.9 Å². The third-order valence-electron chi connectivity index (χ3n) is 6.73. The van der Waals surface area contributed by atoms with Crippen LogP contribution in [0.2, 0.25) is 0 Å². The maximum absolute atomic E-state index is 12.8. The number of H-pyrrole nitrogens is 1. The van der Waals surface area contributed by atoms with Crippen LogP contribution in [-0.2, 0) is 0 Å². The Morgan fingerprint density at radius 3 is 2.61 bits per heavy atom. The summed E-state index contributed by atoms with van der Waals surface area (Å²) in [5, 5.41) is 0. The molecule has 3 aromatic rings. The molecule has 3 unspecified atom stereocenters. The number of benzene rings is 2. The van der Waals surface area contributed by atoms with Gasteiger partial charge in [-0.3, -0.25) is 9.69 Å². The summed E-state index contributed by atoms with van der Waals surface area (Å²) < 4.78 is 0. The second-order valence-corrected chi connectivity index (χ2v) is 9.02. The average Bonchev–Trinajstić information content (AvgIpc) is 2.75. The number of nitrogens with one attached hydrogen (secondary N) is 1. The first-order valence-corrected chi connectivity index (χ1v) is 11.7. The van der Waals surface area contributed by atoms with Gasteiger partial charge in [-0.25, -0.2) is 4.98 Å². The van der Waals surface area contributed by atoms with Gasteiger partial charge in [0.2, 0.25) is 0 Å².